The number of methoxy groups -OCH3 is 2. The van der Waals surface area contributed by atoms with E-state index in [9.17, 15) is 4.79 Å². The Morgan fingerprint density at radius 2 is 2.06 bits per heavy atom. The third-order valence-electron chi connectivity index (χ3n) is 2.75. The molecule has 0 aliphatic carbocycles. The number of esters is 1. The molecule has 1 rings (SSSR count). The van der Waals surface area contributed by atoms with Gasteiger partial charge in [0.05, 0.1) is 20.1 Å². The summed E-state index contributed by atoms with van der Waals surface area (Å²) in [5, 5.41) is 0. The van der Waals surface area contributed by atoms with Crippen LogP contribution in [0.25, 0.3) is 0 Å². The largest absolute Gasteiger partial charge is 0.497 e. The smallest absolute Gasteiger partial charge is 0.313 e. The number of hydrogen-bond acceptors (Lipinski definition) is 3. The Hall–Kier alpha value is -1.51. The lowest BCUT2D eigenvalue weighted by molar-refractivity contribution is -0.142. The van der Waals surface area contributed by atoms with E-state index in [1.165, 1.54) is 7.11 Å². The van der Waals surface area contributed by atoms with Gasteiger partial charge in [0.1, 0.15) is 5.75 Å². The van der Waals surface area contributed by atoms with Crippen LogP contribution in [0.3, 0.4) is 0 Å². The van der Waals surface area contributed by atoms with Crippen molar-refractivity contribution in [2.45, 2.75) is 26.2 Å². The van der Waals surface area contributed by atoms with Crippen LogP contribution < -0.4 is 4.74 Å². The van der Waals surface area contributed by atoms with Gasteiger partial charge in [-0.2, -0.15) is 0 Å². The van der Waals surface area contributed by atoms with Crippen molar-refractivity contribution in [2.24, 2.45) is 0 Å². The van der Waals surface area contributed by atoms with Crippen molar-refractivity contribution >= 4 is 5.97 Å². The minimum Gasteiger partial charge on any atom is -0.497 e. The molecular formula is C13H18O3. The summed E-state index contributed by atoms with van der Waals surface area (Å²) in [6.07, 6.45) is 0.736. The fourth-order valence-electron chi connectivity index (χ4n) is 1.82. The average Bonchev–Trinajstić information content (AvgIpc) is 2.31. The lowest BCUT2D eigenvalue weighted by Gasteiger charge is -2.16. The molecule has 1 aromatic rings. The van der Waals surface area contributed by atoms with Crippen LogP contribution in [0.15, 0.2) is 18.2 Å². The quantitative estimate of drug-likeness (QED) is 0.735. The molecule has 0 spiro atoms. The first-order chi connectivity index (χ1) is 7.63. The Labute approximate surface area is 96.4 Å². The Bertz CT molecular complexity index is 371. The van der Waals surface area contributed by atoms with Gasteiger partial charge in [-0.15, -0.1) is 0 Å². The van der Waals surface area contributed by atoms with E-state index in [0.29, 0.717) is 0 Å². The summed E-state index contributed by atoms with van der Waals surface area (Å²) in [7, 11) is 3.05. The molecule has 16 heavy (non-hydrogen) atoms. The van der Waals surface area contributed by atoms with Crippen molar-refractivity contribution in [3.63, 3.8) is 0 Å². The second kappa shape index (κ2) is 5.54. The summed E-state index contributed by atoms with van der Waals surface area (Å²) in [5.74, 6) is 0.438. The molecule has 3 nitrogen and oxygen atoms in total. The first-order valence-corrected chi connectivity index (χ1v) is 5.36. The molecule has 0 saturated heterocycles. The molecule has 1 unspecified atom stereocenters. The van der Waals surface area contributed by atoms with Crippen molar-refractivity contribution in [1.29, 1.82) is 0 Å². The minimum atomic E-state index is -0.184. The molecule has 1 aromatic carbocycles. The highest BCUT2D eigenvalue weighted by molar-refractivity contribution is 5.78. The van der Waals surface area contributed by atoms with Gasteiger partial charge < -0.3 is 9.47 Å². The van der Waals surface area contributed by atoms with Crippen LogP contribution in [-0.4, -0.2) is 20.2 Å². The number of aryl methyl sites for hydroxylation is 1. The van der Waals surface area contributed by atoms with Gasteiger partial charge in [0.15, 0.2) is 0 Å². The van der Waals surface area contributed by atoms with E-state index in [0.717, 1.165) is 23.3 Å². The highest BCUT2D eigenvalue weighted by atomic mass is 16.5. The molecule has 3 heteroatoms. The summed E-state index contributed by atoms with van der Waals surface area (Å²) in [6, 6.07) is 5.73. The van der Waals surface area contributed by atoms with E-state index < -0.39 is 0 Å². The van der Waals surface area contributed by atoms with Crippen LogP contribution in [0, 0.1) is 6.92 Å². The molecule has 0 fully saturated rings. The number of ether oxygens (including phenoxy) is 2. The van der Waals surface area contributed by atoms with E-state index in [4.69, 9.17) is 9.47 Å². The monoisotopic (exact) mass is 222 g/mol. The van der Waals surface area contributed by atoms with Gasteiger partial charge in [0.25, 0.3) is 0 Å². The lowest BCUT2D eigenvalue weighted by atomic mass is 9.92. The zero-order chi connectivity index (χ0) is 12.1. The maximum absolute atomic E-state index is 11.6. The third kappa shape index (κ3) is 2.54. The topological polar surface area (TPSA) is 35.5 Å². The first-order valence-electron chi connectivity index (χ1n) is 5.36. The van der Waals surface area contributed by atoms with Crippen molar-refractivity contribution in [3.05, 3.63) is 29.3 Å². The summed E-state index contributed by atoms with van der Waals surface area (Å²) >= 11 is 0. The van der Waals surface area contributed by atoms with E-state index in [1.807, 2.05) is 32.0 Å². The van der Waals surface area contributed by atoms with Crippen LogP contribution >= 0.6 is 0 Å². The molecule has 0 aromatic heterocycles. The summed E-state index contributed by atoms with van der Waals surface area (Å²) in [5.41, 5.74) is 2.06. The normalized spacial score (nSPS) is 12.0. The molecule has 1 atom stereocenters. The second-order valence-corrected chi connectivity index (χ2v) is 3.71. The van der Waals surface area contributed by atoms with Crippen molar-refractivity contribution in [1.82, 2.24) is 0 Å². The average molecular weight is 222 g/mol. The highest BCUT2D eigenvalue weighted by Gasteiger charge is 2.21. The Morgan fingerprint density at radius 1 is 1.38 bits per heavy atom. The van der Waals surface area contributed by atoms with Gasteiger partial charge in [-0.1, -0.05) is 13.0 Å². The number of carbonyl (C=O) groups excluding carboxylic acids is 1. The maximum atomic E-state index is 11.6. The summed E-state index contributed by atoms with van der Waals surface area (Å²) < 4.78 is 9.93. The number of hydrogen-bond donors (Lipinski definition) is 0. The van der Waals surface area contributed by atoms with Gasteiger partial charge in [0.2, 0.25) is 0 Å². The van der Waals surface area contributed by atoms with Crippen LogP contribution in [0.4, 0.5) is 0 Å². The molecule has 0 bridgehead atoms. The predicted molar refractivity (Wildman–Crippen MR) is 62.8 cm³/mol. The van der Waals surface area contributed by atoms with E-state index in [1.54, 1.807) is 7.11 Å². The molecule has 0 radical (unpaired) electrons. The second-order valence-electron chi connectivity index (χ2n) is 3.71. The minimum absolute atomic E-state index is 0.184. The number of benzene rings is 1. The first kappa shape index (κ1) is 12.6. The fraction of sp³-hybridized carbons (Fsp3) is 0.462. The molecule has 88 valence electrons. The summed E-state index contributed by atoms with van der Waals surface area (Å²) in [6.45, 7) is 3.95. The van der Waals surface area contributed by atoms with Crippen LogP contribution in [0.5, 0.6) is 5.75 Å². The molecule has 0 heterocycles. The molecular weight excluding hydrogens is 204 g/mol. The zero-order valence-electron chi connectivity index (χ0n) is 10.2. The SMILES string of the molecule is CCC(C(=O)OC)c1ccc(OC)cc1C. The Balaban J connectivity index is 3.06. The van der Waals surface area contributed by atoms with Gasteiger partial charge in [-0.05, 0) is 36.6 Å². The zero-order valence-corrected chi connectivity index (χ0v) is 10.2. The van der Waals surface area contributed by atoms with E-state index >= 15 is 0 Å². The van der Waals surface area contributed by atoms with Crippen molar-refractivity contribution < 1.29 is 14.3 Å². The number of rotatable bonds is 4. The molecule has 0 amide bonds. The highest BCUT2D eigenvalue weighted by Crippen LogP contribution is 2.27. The molecule has 0 saturated carbocycles. The van der Waals surface area contributed by atoms with Gasteiger partial charge >= 0.3 is 5.97 Å². The molecule has 0 N–H and O–H groups in total. The van der Waals surface area contributed by atoms with Gasteiger partial charge in [-0.25, -0.2) is 0 Å². The van der Waals surface area contributed by atoms with Crippen LogP contribution in [-0.2, 0) is 9.53 Å². The Kier molecular flexibility index (Phi) is 4.35. The standard InChI is InChI=1S/C13H18O3/c1-5-11(13(14)16-4)12-7-6-10(15-3)8-9(12)2/h6-8,11H,5H2,1-4H3. The van der Waals surface area contributed by atoms with E-state index in [-0.39, 0.29) is 11.9 Å². The third-order valence-corrected chi connectivity index (χ3v) is 2.75. The van der Waals surface area contributed by atoms with E-state index in [2.05, 4.69) is 0 Å². The van der Waals surface area contributed by atoms with Crippen LogP contribution in [0.2, 0.25) is 0 Å². The summed E-state index contributed by atoms with van der Waals surface area (Å²) in [4.78, 5) is 11.6. The van der Waals surface area contributed by atoms with Gasteiger partial charge in [-0.3, -0.25) is 4.79 Å². The molecule has 0 aliphatic heterocycles. The van der Waals surface area contributed by atoms with Crippen molar-refractivity contribution in [2.75, 3.05) is 14.2 Å². The van der Waals surface area contributed by atoms with Crippen molar-refractivity contribution in [3.8, 4) is 5.75 Å². The van der Waals surface area contributed by atoms with Gasteiger partial charge in [0, 0.05) is 0 Å². The maximum Gasteiger partial charge on any atom is 0.313 e. The lowest BCUT2D eigenvalue weighted by Crippen LogP contribution is -2.14. The number of carbonyl (C=O) groups is 1. The fourth-order valence-corrected chi connectivity index (χ4v) is 1.82. The van der Waals surface area contributed by atoms with Crippen LogP contribution in [0.1, 0.15) is 30.4 Å². The predicted octanol–water partition coefficient (Wildman–Crippen LogP) is 2.67. The molecule has 0 aliphatic rings. The Morgan fingerprint density at radius 3 is 2.50 bits per heavy atom.